The zero-order valence-corrected chi connectivity index (χ0v) is 54.8. The Morgan fingerprint density at radius 3 is 1.20 bits per heavy atom. The second-order valence-corrected chi connectivity index (χ2v) is 21.6. The van der Waals surface area contributed by atoms with Crippen molar-refractivity contribution in [2.45, 2.75) is 33.4 Å². The summed E-state index contributed by atoms with van der Waals surface area (Å²) in [6.07, 6.45) is 0. The number of phenols is 1. The first-order valence-electron chi connectivity index (χ1n) is 20.7. The van der Waals surface area contributed by atoms with Crippen LogP contribution < -0.4 is 145 Å². The van der Waals surface area contributed by atoms with E-state index < -0.39 is 105 Å². The summed E-state index contributed by atoms with van der Waals surface area (Å²) in [6, 6.07) is 20.7. The van der Waals surface area contributed by atoms with Crippen LogP contribution in [-0.2, 0) is 40.5 Å². The molecular formula is C42H29Cl2N15Na4O13S4. The number of nitrogens with one attached hydrogen (secondary N) is 4. The normalized spacial score (nSPS) is 11.8. The molecule has 2 aromatic heterocycles. The van der Waals surface area contributed by atoms with E-state index >= 15 is 0 Å². The fourth-order valence-electron chi connectivity index (χ4n) is 6.90. The summed E-state index contributed by atoms with van der Waals surface area (Å²) in [7, 11) is -22.4. The van der Waals surface area contributed by atoms with E-state index in [-0.39, 0.29) is 164 Å². The van der Waals surface area contributed by atoms with Gasteiger partial charge in [0.1, 0.15) is 63.2 Å². The predicted molar refractivity (Wildman–Crippen MR) is 268 cm³/mol. The van der Waals surface area contributed by atoms with Crippen molar-refractivity contribution in [1.29, 1.82) is 0 Å². The molecule has 0 radical (unpaired) electrons. The van der Waals surface area contributed by atoms with Crippen LogP contribution in [0.3, 0.4) is 0 Å². The minimum atomic E-state index is -5.75. The first-order chi connectivity index (χ1) is 35.6. The van der Waals surface area contributed by atoms with Gasteiger partial charge in [0.25, 0.3) is 0 Å². The van der Waals surface area contributed by atoms with Gasteiger partial charge >= 0.3 is 118 Å². The van der Waals surface area contributed by atoms with Gasteiger partial charge in [0, 0.05) is 22.7 Å². The van der Waals surface area contributed by atoms with Crippen LogP contribution in [0.25, 0.3) is 10.8 Å². The molecule has 6 aromatic carbocycles. The van der Waals surface area contributed by atoms with Crippen LogP contribution in [0.1, 0.15) is 11.1 Å². The van der Waals surface area contributed by atoms with Crippen LogP contribution in [0.15, 0.2) is 137 Å². The molecule has 0 aliphatic heterocycles. The van der Waals surface area contributed by atoms with Crippen molar-refractivity contribution in [3.05, 3.63) is 119 Å². The average Bonchev–Trinajstić information content (AvgIpc) is 3.31. The monoisotopic (exact) mass is 1240 g/mol. The number of anilines is 9. The van der Waals surface area contributed by atoms with Gasteiger partial charge in [-0.15, -0.1) is 20.5 Å². The van der Waals surface area contributed by atoms with Crippen molar-refractivity contribution in [2.24, 2.45) is 20.5 Å². The SMILES string of the molecule is Cc1ccccc1Nc1nc(Cl)nc(Nc2ccc(N=Nc3c(S(=O)(=O)[O-])cc4cc(S(=O)(=O)[O-])c(N=Nc5ccc(Nc6nc(Cl)nc(Nc7ccccc7C)n6)cc5S(=O)(=O)[O-])c(O)c4c3N)c(S(=O)(=O)[O-])c2)n1.[Na+].[Na+].[Na+].[Na+]. The molecule has 8 rings (SSSR count). The van der Waals surface area contributed by atoms with E-state index in [1.165, 1.54) is 0 Å². The molecule has 0 bridgehead atoms. The molecule has 28 nitrogen and oxygen atoms in total. The quantitative estimate of drug-likeness (QED) is 0.0231. The van der Waals surface area contributed by atoms with Crippen LogP contribution in [0.2, 0.25) is 10.6 Å². The van der Waals surface area contributed by atoms with Crippen molar-refractivity contribution in [2.75, 3.05) is 27.0 Å². The molecule has 8 aromatic rings. The molecule has 0 aliphatic carbocycles. The number of nitrogens with zero attached hydrogens (tertiary/aromatic N) is 10. The molecule has 0 fully saturated rings. The van der Waals surface area contributed by atoms with Gasteiger partial charge in [-0.3, -0.25) is 0 Å². The Morgan fingerprint density at radius 1 is 0.475 bits per heavy atom. The smallest absolute Gasteiger partial charge is 0.744 e. The molecule has 0 spiro atoms. The number of rotatable bonds is 16. The number of azo groups is 2. The van der Waals surface area contributed by atoms with E-state index in [1.54, 1.807) is 36.4 Å². The topological polar surface area (TPSA) is 450 Å². The number of aryl methyl sites for hydroxylation is 2. The van der Waals surface area contributed by atoms with E-state index in [0.717, 1.165) is 47.5 Å². The number of halogens is 2. The Balaban J connectivity index is 0.00000344. The minimum Gasteiger partial charge on any atom is -0.744 e. The van der Waals surface area contributed by atoms with Gasteiger partial charge in [-0.2, -0.15) is 29.9 Å². The molecule has 0 unspecified atom stereocenters. The number of nitrogens with two attached hydrogens (primary N) is 1. The molecular weight excluding hydrogens is 1210 g/mol. The summed E-state index contributed by atoms with van der Waals surface area (Å²) in [4.78, 5) is 19.3. The zero-order valence-electron chi connectivity index (χ0n) is 42.0. The van der Waals surface area contributed by atoms with Gasteiger partial charge in [0.2, 0.25) is 34.4 Å². The maximum Gasteiger partial charge on any atom is 1.00 e. The van der Waals surface area contributed by atoms with Crippen LogP contribution in [0.5, 0.6) is 5.75 Å². The number of phenolic OH excluding ortho intramolecular Hbond substituents is 1. The molecule has 0 saturated heterocycles. The average molecular weight is 1240 g/mol. The standard InChI is InChI=1S/C42H33Cl2N15O13S4.4Na/c1-19-7-3-5-9-24(19)48-41-52-37(43)50-39(54-41)46-22-11-13-26(28(17-22)73(61,62)63)56-58-34-30(75(67,68)69)15-21-16-31(76(70,71)72)35(36(60)32(21)33(34)45)59-57-27-14-12-23(18-29(27)74(64,65)66)47-40-51-38(44)53-42(55-40)49-25-10-6-4-8-20(25)2;;;;/h3-18,60H,45H2,1-2H3,(H,61,62,63)(H,64,65,66)(H,67,68,69)(H,70,71,72)(H2,46,48,50,52,54)(H2,47,49,51,53,55);;;;/q;4*+1/p-4. The van der Waals surface area contributed by atoms with Gasteiger partial charge < -0.3 is 50.3 Å². The number of para-hydroxylation sites is 2. The van der Waals surface area contributed by atoms with Crippen LogP contribution in [0.4, 0.5) is 75.0 Å². The molecule has 0 aliphatic rings. The second kappa shape index (κ2) is 27.5. The number of hydrogen-bond donors (Lipinski definition) is 6. The Labute approximate surface area is 553 Å². The van der Waals surface area contributed by atoms with Gasteiger partial charge in [0.05, 0.1) is 30.7 Å². The van der Waals surface area contributed by atoms with Crippen LogP contribution in [-0.4, -0.2) is 86.9 Å². The van der Waals surface area contributed by atoms with Crippen molar-refractivity contribution in [3.63, 3.8) is 0 Å². The molecule has 0 atom stereocenters. The van der Waals surface area contributed by atoms with Crippen LogP contribution >= 0.6 is 23.2 Å². The molecule has 80 heavy (non-hydrogen) atoms. The maximum atomic E-state index is 12.6. The van der Waals surface area contributed by atoms with Gasteiger partial charge in [-0.25, -0.2) is 33.7 Å². The van der Waals surface area contributed by atoms with Gasteiger partial charge in [0.15, 0.2) is 5.75 Å². The Morgan fingerprint density at radius 2 is 0.825 bits per heavy atom. The number of hydrogen-bond acceptors (Lipinski definition) is 28. The molecule has 2 heterocycles. The van der Waals surface area contributed by atoms with E-state index in [1.807, 2.05) is 26.0 Å². The maximum absolute atomic E-state index is 12.6. The zero-order chi connectivity index (χ0) is 55.1. The number of nitrogen functional groups attached to an aromatic ring is 1. The first-order valence-corrected chi connectivity index (χ1v) is 27.1. The summed E-state index contributed by atoms with van der Waals surface area (Å²) >= 11 is 12.2. The summed E-state index contributed by atoms with van der Waals surface area (Å²) in [5, 5.41) is 35.3. The summed E-state index contributed by atoms with van der Waals surface area (Å²) < 4.78 is 151. The number of benzene rings is 6. The van der Waals surface area contributed by atoms with E-state index in [9.17, 15) is 57.0 Å². The summed E-state index contributed by atoms with van der Waals surface area (Å²) in [6.45, 7) is 3.62. The second-order valence-electron chi connectivity index (χ2n) is 15.5. The van der Waals surface area contributed by atoms with E-state index in [2.05, 4.69) is 71.6 Å². The largest absolute Gasteiger partial charge is 1.00 e. The number of aromatic nitrogens is 6. The van der Waals surface area contributed by atoms with Gasteiger partial charge in [-0.1, -0.05) is 36.4 Å². The Hall–Kier alpha value is -4.18. The third-order valence-electron chi connectivity index (χ3n) is 10.3. The third kappa shape index (κ3) is 16.5. The van der Waals surface area contributed by atoms with E-state index in [0.29, 0.717) is 23.5 Å². The van der Waals surface area contributed by atoms with Crippen molar-refractivity contribution in [3.8, 4) is 5.75 Å². The fourth-order valence-corrected chi connectivity index (χ4v) is 9.80. The number of fused-ring (bicyclic) bond motifs is 1. The van der Waals surface area contributed by atoms with Gasteiger partial charge in [-0.05, 0) is 114 Å². The molecule has 0 saturated carbocycles. The third-order valence-corrected chi connectivity index (χ3v) is 14.1. The summed E-state index contributed by atoms with van der Waals surface area (Å²) in [5.41, 5.74) is 3.94. The van der Waals surface area contributed by atoms with Crippen LogP contribution in [0, 0.1) is 13.8 Å². The first kappa shape index (κ1) is 68.3. The Bertz CT molecular complexity index is 4000. The van der Waals surface area contributed by atoms with Crippen molar-refractivity contribution >= 4 is 149 Å². The molecule has 38 heteroatoms. The van der Waals surface area contributed by atoms with E-state index in [4.69, 9.17) is 28.9 Å². The fraction of sp³-hybridized carbons (Fsp3) is 0.0476. The summed E-state index contributed by atoms with van der Waals surface area (Å²) in [5.74, 6) is -1.89. The predicted octanol–water partition coefficient (Wildman–Crippen LogP) is -4.14. The molecule has 7 N–H and O–H groups in total. The Kier molecular flexibility index (Phi) is 23.5. The number of aromatic hydroxyl groups is 1. The minimum absolute atomic E-state index is 0. The molecule has 0 amide bonds. The van der Waals surface area contributed by atoms with Crippen molar-refractivity contribution < 1.29 is 175 Å². The molecule has 392 valence electrons. The van der Waals surface area contributed by atoms with Crippen molar-refractivity contribution in [1.82, 2.24) is 29.9 Å².